The van der Waals surface area contributed by atoms with E-state index in [1.807, 2.05) is 54.8 Å². The van der Waals surface area contributed by atoms with Crippen molar-refractivity contribution in [2.45, 2.75) is 59.2 Å². The molecule has 1 aromatic rings. The molecular formula is C15H28N4O2. The van der Waals surface area contributed by atoms with Gasteiger partial charge in [-0.15, -0.1) is 0 Å². The number of hydrogen-bond donors (Lipinski definition) is 2. The zero-order chi connectivity index (χ0) is 16.3. The molecule has 0 saturated heterocycles. The van der Waals surface area contributed by atoms with Crippen molar-refractivity contribution in [3.05, 3.63) is 17.5 Å². The molecule has 0 saturated carbocycles. The zero-order valence-corrected chi connectivity index (χ0v) is 14.2. The third-order valence-electron chi connectivity index (χ3n) is 2.84. The monoisotopic (exact) mass is 296 g/mol. The van der Waals surface area contributed by atoms with Crippen LogP contribution in [-0.2, 0) is 18.3 Å². The summed E-state index contributed by atoms with van der Waals surface area (Å²) < 4.78 is 7.07. The van der Waals surface area contributed by atoms with Crippen LogP contribution in [0.4, 0.5) is 4.79 Å². The molecule has 0 unspecified atom stereocenters. The first-order chi connectivity index (χ1) is 9.48. The zero-order valence-electron chi connectivity index (χ0n) is 14.2. The number of aromatic nitrogens is 2. The number of alkyl carbamates (subject to hydrolysis) is 1. The summed E-state index contributed by atoms with van der Waals surface area (Å²) in [6.45, 7) is 12.8. The Kier molecular flexibility index (Phi) is 5.39. The van der Waals surface area contributed by atoms with Gasteiger partial charge in [0.15, 0.2) is 0 Å². The number of carbonyl (C=O) groups excluding carboxylic acids is 1. The van der Waals surface area contributed by atoms with E-state index >= 15 is 0 Å². The van der Waals surface area contributed by atoms with Gasteiger partial charge in [0, 0.05) is 31.9 Å². The Morgan fingerprint density at radius 2 is 1.95 bits per heavy atom. The average Bonchev–Trinajstić information content (AvgIpc) is 2.53. The van der Waals surface area contributed by atoms with Gasteiger partial charge >= 0.3 is 6.09 Å². The van der Waals surface area contributed by atoms with Crippen molar-refractivity contribution in [2.75, 3.05) is 6.54 Å². The Balaban J connectivity index is 2.42. The Labute approximate surface area is 127 Å². The van der Waals surface area contributed by atoms with Gasteiger partial charge in [-0.2, -0.15) is 5.10 Å². The molecule has 0 bridgehead atoms. The summed E-state index contributed by atoms with van der Waals surface area (Å²) in [7, 11) is 1.91. The lowest BCUT2D eigenvalue weighted by Crippen LogP contribution is -2.51. The van der Waals surface area contributed by atoms with Crippen molar-refractivity contribution in [1.29, 1.82) is 0 Å². The van der Waals surface area contributed by atoms with Gasteiger partial charge in [-0.1, -0.05) is 0 Å². The Morgan fingerprint density at radius 3 is 2.43 bits per heavy atom. The van der Waals surface area contributed by atoms with Gasteiger partial charge in [-0.3, -0.25) is 4.68 Å². The second-order valence-electron chi connectivity index (χ2n) is 7.03. The summed E-state index contributed by atoms with van der Waals surface area (Å²) in [5.74, 6) is 0. The molecule has 6 nitrogen and oxygen atoms in total. The van der Waals surface area contributed by atoms with Gasteiger partial charge < -0.3 is 15.4 Å². The molecule has 0 atom stereocenters. The number of carbonyl (C=O) groups is 1. The smallest absolute Gasteiger partial charge is 0.408 e. The van der Waals surface area contributed by atoms with Gasteiger partial charge in [0.1, 0.15) is 5.60 Å². The predicted molar refractivity (Wildman–Crippen MR) is 83.1 cm³/mol. The van der Waals surface area contributed by atoms with Crippen LogP contribution in [0.5, 0.6) is 0 Å². The summed E-state index contributed by atoms with van der Waals surface area (Å²) in [5, 5.41) is 10.5. The van der Waals surface area contributed by atoms with Crippen molar-refractivity contribution in [1.82, 2.24) is 20.4 Å². The van der Waals surface area contributed by atoms with Crippen molar-refractivity contribution >= 4 is 6.09 Å². The van der Waals surface area contributed by atoms with Crippen LogP contribution >= 0.6 is 0 Å². The van der Waals surface area contributed by atoms with E-state index in [0.717, 1.165) is 17.8 Å². The minimum absolute atomic E-state index is 0.390. The van der Waals surface area contributed by atoms with Gasteiger partial charge in [0.2, 0.25) is 0 Å². The Bertz CT molecular complexity index is 486. The number of aryl methyl sites for hydroxylation is 2. The van der Waals surface area contributed by atoms with Crippen LogP contribution in [0.2, 0.25) is 0 Å². The number of hydrogen-bond acceptors (Lipinski definition) is 4. The molecule has 1 rings (SSSR count). The van der Waals surface area contributed by atoms with Crippen LogP contribution in [-0.4, -0.2) is 33.6 Å². The molecule has 1 heterocycles. The van der Waals surface area contributed by atoms with E-state index in [0.29, 0.717) is 6.54 Å². The fraction of sp³-hybridized carbons (Fsp3) is 0.733. The number of nitrogens with zero attached hydrogens (tertiary/aromatic N) is 2. The van der Waals surface area contributed by atoms with Crippen LogP contribution in [0, 0.1) is 6.92 Å². The lowest BCUT2D eigenvalue weighted by Gasteiger charge is -2.29. The normalized spacial score (nSPS) is 12.3. The molecule has 0 spiro atoms. The Hall–Kier alpha value is -1.56. The minimum atomic E-state index is -0.486. The number of ether oxygens (including phenoxy) is 1. The predicted octanol–water partition coefficient (Wildman–Crippen LogP) is 2.12. The minimum Gasteiger partial charge on any atom is -0.444 e. The SMILES string of the molecule is Cc1nn(C)cc1CNCC(C)(C)NC(=O)OC(C)(C)C. The molecule has 2 N–H and O–H groups in total. The fourth-order valence-corrected chi connectivity index (χ4v) is 1.96. The van der Waals surface area contributed by atoms with Crippen LogP contribution in [0.15, 0.2) is 6.20 Å². The van der Waals surface area contributed by atoms with Gasteiger partial charge in [-0.25, -0.2) is 4.79 Å². The highest BCUT2D eigenvalue weighted by Crippen LogP contribution is 2.09. The fourth-order valence-electron chi connectivity index (χ4n) is 1.96. The molecule has 0 fully saturated rings. The van der Waals surface area contributed by atoms with Crippen LogP contribution < -0.4 is 10.6 Å². The summed E-state index contributed by atoms with van der Waals surface area (Å²) in [5.41, 5.74) is 1.30. The van der Waals surface area contributed by atoms with E-state index in [-0.39, 0.29) is 0 Å². The lowest BCUT2D eigenvalue weighted by atomic mass is 10.1. The van der Waals surface area contributed by atoms with Gasteiger partial charge in [0.25, 0.3) is 0 Å². The average molecular weight is 296 g/mol. The van der Waals surface area contributed by atoms with Crippen molar-refractivity contribution in [3.8, 4) is 0 Å². The highest BCUT2D eigenvalue weighted by Gasteiger charge is 2.24. The largest absolute Gasteiger partial charge is 0.444 e. The molecule has 0 aliphatic rings. The molecule has 6 heteroatoms. The van der Waals surface area contributed by atoms with E-state index in [9.17, 15) is 4.79 Å². The molecule has 1 amide bonds. The summed E-state index contributed by atoms with van der Waals surface area (Å²) >= 11 is 0. The number of rotatable bonds is 5. The van der Waals surface area contributed by atoms with Crippen molar-refractivity contribution in [2.24, 2.45) is 7.05 Å². The van der Waals surface area contributed by atoms with Crippen LogP contribution in [0.3, 0.4) is 0 Å². The molecule has 0 aliphatic carbocycles. The Morgan fingerprint density at radius 1 is 1.33 bits per heavy atom. The topological polar surface area (TPSA) is 68.2 Å². The third-order valence-corrected chi connectivity index (χ3v) is 2.84. The molecule has 0 aliphatic heterocycles. The molecular weight excluding hydrogens is 268 g/mol. The van der Waals surface area contributed by atoms with E-state index in [1.165, 1.54) is 0 Å². The van der Waals surface area contributed by atoms with E-state index in [2.05, 4.69) is 15.7 Å². The lowest BCUT2D eigenvalue weighted by molar-refractivity contribution is 0.0472. The van der Waals surface area contributed by atoms with Crippen LogP contribution in [0.25, 0.3) is 0 Å². The van der Waals surface area contributed by atoms with Crippen molar-refractivity contribution < 1.29 is 9.53 Å². The summed E-state index contributed by atoms with van der Waals surface area (Å²) in [4.78, 5) is 11.8. The maximum Gasteiger partial charge on any atom is 0.408 e. The highest BCUT2D eigenvalue weighted by molar-refractivity contribution is 5.68. The molecule has 0 radical (unpaired) electrons. The maximum absolute atomic E-state index is 11.8. The standard InChI is InChI=1S/C15H28N4O2/c1-11-12(9-19(7)18-11)8-16-10-15(5,6)17-13(20)21-14(2,3)4/h9,16H,8,10H2,1-7H3,(H,17,20). The second kappa shape index (κ2) is 6.47. The molecule has 120 valence electrons. The van der Waals surface area contributed by atoms with Crippen LogP contribution in [0.1, 0.15) is 45.9 Å². The number of nitrogens with one attached hydrogen (secondary N) is 2. The third kappa shape index (κ3) is 6.62. The highest BCUT2D eigenvalue weighted by atomic mass is 16.6. The van der Waals surface area contributed by atoms with E-state index in [4.69, 9.17) is 4.74 Å². The first kappa shape index (κ1) is 17.5. The molecule has 21 heavy (non-hydrogen) atoms. The summed E-state index contributed by atoms with van der Waals surface area (Å²) in [6.07, 6.45) is 1.60. The van der Waals surface area contributed by atoms with Crippen molar-refractivity contribution in [3.63, 3.8) is 0 Å². The second-order valence-corrected chi connectivity index (χ2v) is 7.03. The maximum atomic E-state index is 11.8. The quantitative estimate of drug-likeness (QED) is 0.873. The van der Waals surface area contributed by atoms with E-state index in [1.54, 1.807) is 4.68 Å². The van der Waals surface area contributed by atoms with Gasteiger partial charge in [0.05, 0.1) is 11.2 Å². The number of amides is 1. The first-order valence-corrected chi connectivity index (χ1v) is 7.19. The van der Waals surface area contributed by atoms with E-state index < -0.39 is 17.2 Å². The first-order valence-electron chi connectivity index (χ1n) is 7.19. The summed E-state index contributed by atoms with van der Waals surface area (Å²) in [6, 6.07) is 0. The van der Waals surface area contributed by atoms with Gasteiger partial charge in [-0.05, 0) is 41.5 Å². The molecule has 0 aromatic carbocycles. The molecule has 1 aromatic heterocycles.